The third-order valence-electron chi connectivity index (χ3n) is 6.94. The molecule has 176 valence electrons. The third-order valence-corrected chi connectivity index (χ3v) is 6.94. The van der Waals surface area contributed by atoms with Crippen molar-refractivity contribution in [1.82, 2.24) is 24.9 Å². The van der Waals surface area contributed by atoms with E-state index in [2.05, 4.69) is 41.9 Å². The van der Waals surface area contributed by atoms with E-state index < -0.39 is 0 Å². The van der Waals surface area contributed by atoms with Crippen LogP contribution >= 0.6 is 0 Å². The van der Waals surface area contributed by atoms with E-state index in [1.54, 1.807) is 19.6 Å². The van der Waals surface area contributed by atoms with E-state index >= 15 is 0 Å². The summed E-state index contributed by atoms with van der Waals surface area (Å²) >= 11 is 0. The van der Waals surface area contributed by atoms with Crippen LogP contribution in [-0.2, 0) is 0 Å². The molecule has 1 saturated heterocycles. The number of rotatable bonds is 6. The van der Waals surface area contributed by atoms with Gasteiger partial charge in [-0.2, -0.15) is 0 Å². The van der Waals surface area contributed by atoms with Crippen LogP contribution in [0, 0.1) is 5.92 Å². The summed E-state index contributed by atoms with van der Waals surface area (Å²) in [6.45, 7) is 4.48. The van der Waals surface area contributed by atoms with Gasteiger partial charge in [0.2, 0.25) is 5.88 Å². The summed E-state index contributed by atoms with van der Waals surface area (Å²) in [6.07, 6.45) is 9.75. The molecule has 9 heteroatoms. The molecule has 0 unspecified atom stereocenters. The fourth-order valence-electron chi connectivity index (χ4n) is 4.97. The number of nitrogens with zero attached hydrogens (tertiary/aromatic N) is 7. The van der Waals surface area contributed by atoms with Gasteiger partial charge in [-0.1, -0.05) is 6.07 Å². The minimum absolute atomic E-state index is 0.433. The molecule has 3 aromatic rings. The SMILES string of the molecule is COc1ncnc(C2CC2)c1-c1ncc2c(n1)N(CC1CCN(c3ccccn3)CC1)CCO2. The van der Waals surface area contributed by atoms with Crippen LogP contribution in [0.25, 0.3) is 11.4 Å². The first-order valence-corrected chi connectivity index (χ1v) is 12.1. The van der Waals surface area contributed by atoms with Gasteiger partial charge in [0.25, 0.3) is 0 Å². The molecule has 0 bridgehead atoms. The van der Waals surface area contributed by atoms with Crippen LogP contribution in [0.5, 0.6) is 11.6 Å². The molecule has 1 aliphatic carbocycles. The molecule has 3 aromatic heterocycles. The Bertz CT molecular complexity index is 1150. The molecule has 6 rings (SSSR count). The Kier molecular flexibility index (Phi) is 5.60. The third kappa shape index (κ3) is 4.10. The quantitative estimate of drug-likeness (QED) is 0.550. The van der Waals surface area contributed by atoms with Crippen molar-refractivity contribution >= 4 is 11.6 Å². The number of aromatic nitrogens is 5. The Morgan fingerprint density at radius 2 is 1.91 bits per heavy atom. The van der Waals surface area contributed by atoms with E-state index in [0.717, 1.165) is 80.5 Å². The average molecular weight is 460 g/mol. The molecule has 1 saturated carbocycles. The van der Waals surface area contributed by atoms with Gasteiger partial charge in [0, 0.05) is 31.7 Å². The van der Waals surface area contributed by atoms with Gasteiger partial charge < -0.3 is 19.3 Å². The standard InChI is InChI=1S/C25H29N7O2/c1-33-25-21(22(18-5-6-18)28-16-29-25)23-27-14-19-24(30-23)32(12-13-34-19)15-17-7-10-31(11-8-17)20-4-2-3-9-26-20/h2-4,9,14,16-18H,5-8,10-13,15H2,1H3. The van der Waals surface area contributed by atoms with Crippen molar-refractivity contribution < 1.29 is 9.47 Å². The van der Waals surface area contributed by atoms with E-state index in [9.17, 15) is 0 Å². The van der Waals surface area contributed by atoms with E-state index in [1.807, 2.05) is 12.3 Å². The zero-order chi connectivity index (χ0) is 22.9. The van der Waals surface area contributed by atoms with Crippen LogP contribution in [0.3, 0.4) is 0 Å². The normalized spacial score (nSPS) is 18.4. The maximum Gasteiger partial charge on any atom is 0.227 e. The largest absolute Gasteiger partial charge is 0.486 e. The van der Waals surface area contributed by atoms with Crippen LogP contribution in [0.15, 0.2) is 36.9 Å². The lowest BCUT2D eigenvalue weighted by molar-refractivity contribution is 0.294. The van der Waals surface area contributed by atoms with E-state index in [-0.39, 0.29) is 0 Å². The van der Waals surface area contributed by atoms with Crippen LogP contribution in [0.4, 0.5) is 11.6 Å². The van der Waals surface area contributed by atoms with Crippen molar-refractivity contribution in [2.24, 2.45) is 5.92 Å². The van der Waals surface area contributed by atoms with Crippen LogP contribution < -0.4 is 19.3 Å². The van der Waals surface area contributed by atoms with Crippen LogP contribution in [-0.4, -0.2) is 64.8 Å². The topological polar surface area (TPSA) is 89.4 Å². The molecule has 0 amide bonds. The monoisotopic (exact) mass is 459 g/mol. The first-order valence-electron chi connectivity index (χ1n) is 12.1. The number of methoxy groups -OCH3 is 1. The van der Waals surface area contributed by atoms with Crippen molar-refractivity contribution in [2.45, 2.75) is 31.6 Å². The molecular formula is C25H29N7O2. The van der Waals surface area contributed by atoms with Gasteiger partial charge in [-0.05, 0) is 43.7 Å². The highest BCUT2D eigenvalue weighted by Gasteiger charge is 2.33. The lowest BCUT2D eigenvalue weighted by Crippen LogP contribution is -2.42. The van der Waals surface area contributed by atoms with Crippen LogP contribution in [0.1, 0.15) is 37.3 Å². The maximum atomic E-state index is 5.91. The second-order valence-corrected chi connectivity index (χ2v) is 9.21. The molecule has 9 nitrogen and oxygen atoms in total. The Labute approximate surface area is 199 Å². The molecule has 0 spiro atoms. The molecule has 5 heterocycles. The first-order chi connectivity index (χ1) is 16.8. The highest BCUT2D eigenvalue weighted by molar-refractivity contribution is 5.68. The molecule has 0 aromatic carbocycles. The Balaban J connectivity index is 1.22. The van der Waals surface area contributed by atoms with E-state index in [1.165, 1.54) is 0 Å². The maximum absolute atomic E-state index is 5.91. The number of fused-ring (bicyclic) bond motifs is 1. The Morgan fingerprint density at radius 3 is 2.68 bits per heavy atom. The molecule has 0 N–H and O–H groups in total. The minimum atomic E-state index is 0.433. The molecular weight excluding hydrogens is 430 g/mol. The Morgan fingerprint density at radius 1 is 1.03 bits per heavy atom. The summed E-state index contributed by atoms with van der Waals surface area (Å²) in [5.41, 5.74) is 1.79. The van der Waals surface area contributed by atoms with Crippen molar-refractivity contribution in [1.29, 1.82) is 0 Å². The Hall–Kier alpha value is -3.49. The van der Waals surface area contributed by atoms with E-state index in [0.29, 0.717) is 30.1 Å². The molecule has 2 aliphatic heterocycles. The molecule has 34 heavy (non-hydrogen) atoms. The average Bonchev–Trinajstić information content (AvgIpc) is 3.75. The second-order valence-electron chi connectivity index (χ2n) is 9.21. The molecule has 2 fully saturated rings. The highest BCUT2D eigenvalue weighted by Crippen LogP contribution is 2.45. The summed E-state index contributed by atoms with van der Waals surface area (Å²) < 4.78 is 11.5. The van der Waals surface area contributed by atoms with Crippen molar-refractivity contribution in [2.75, 3.05) is 49.7 Å². The van der Waals surface area contributed by atoms with Gasteiger partial charge in [0.15, 0.2) is 17.4 Å². The summed E-state index contributed by atoms with van der Waals surface area (Å²) in [4.78, 5) is 27.8. The lowest BCUT2D eigenvalue weighted by Gasteiger charge is -2.37. The summed E-state index contributed by atoms with van der Waals surface area (Å²) in [5, 5.41) is 0. The molecule has 0 atom stereocenters. The van der Waals surface area contributed by atoms with Gasteiger partial charge in [0.1, 0.15) is 24.3 Å². The van der Waals surface area contributed by atoms with Gasteiger partial charge >= 0.3 is 0 Å². The van der Waals surface area contributed by atoms with E-state index in [4.69, 9.17) is 14.5 Å². The second kappa shape index (κ2) is 9.04. The van der Waals surface area contributed by atoms with Crippen molar-refractivity contribution in [3.8, 4) is 23.0 Å². The number of hydrogen-bond acceptors (Lipinski definition) is 9. The molecule has 0 radical (unpaired) electrons. The van der Waals surface area contributed by atoms with Gasteiger partial charge in [-0.15, -0.1) is 0 Å². The number of hydrogen-bond donors (Lipinski definition) is 0. The summed E-state index contributed by atoms with van der Waals surface area (Å²) in [6, 6.07) is 6.11. The van der Waals surface area contributed by atoms with Crippen molar-refractivity contribution in [3.63, 3.8) is 0 Å². The lowest BCUT2D eigenvalue weighted by atomic mass is 9.96. The number of ether oxygens (including phenoxy) is 2. The minimum Gasteiger partial charge on any atom is -0.486 e. The number of piperidine rings is 1. The smallest absolute Gasteiger partial charge is 0.227 e. The zero-order valence-corrected chi connectivity index (χ0v) is 19.4. The fourth-order valence-corrected chi connectivity index (χ4v) is 4.97. The number of anilines is 2. The first kappa shape index (κ1) is 21.1. The van der Waals surface area contributed by atoms with Gasteiger partial charge in [-0.3, -0.25) is 0 Å². The predicted octanol–water partition coefficient (Wildman–Crippen LogP) is 3.33. The van der Waals surface area contributed by atoms with Gasteiger partial charge in [-0.25, -0.2) is 24.9 Å². The van der Waals surface area contributed by atoms with Gasteiger partial charge in [0.05, 0.1) is 25.5 Å². The molecule has 3 aliphatic rings. The predicted molar refractivity (Wildman–Crippen MR) is 128 cm³/mol. The number of pyridine rings is 1. The summed E-state index contributed by atoms with van der Waals surface area (Å²) in [5.74, 6) is 4.84. The zero-order valence-electron chi connectivity index (χ0n) is 19.4. The van der Waals surface area contributed by atoms with Crippen LogP contribution in [0.2, 0.25) is 0 Å². The summed E-state index contributed by atoms with van der Waals surface area (Å²) in [7, 11) is 1.63. The fraction of sp³-hybridized carbons (Fsp3) is 0.480. The van der Waals surface area contributed by atoms with Crippen molar-refractivity contribution in [3.05, 3.63) is 42.6 Å². The highest BCUT2D eigenvalue weighted by atomic mass is 16.5.